The Morgan fingerprint density at radius 2 is 2.43 bits per heavy atom. The number of rotatable bonds is 2. The van der Waals surface area contributed by atoms with Crippen molar-refractivity contribution in [2.45, 2.75) is 13.5 Å². The van der Waals surface area contributed by atoms with Crippen LogP contribution in [0.25, 0.3) is 0 Å². The van der Waals surface area contributed by atoms with Gasteiger partial charge in [-0.05, 0) is 6.92 Å². The Balaban J connectivity index is 2.15. The van der Waals surface area contributed by atoms with Crippen molar-refractivity contribution in [3.8, 4) is 0 Å². The molecule has 0 radical (unpaired) electrons. The number of hydrogen-bond donors (Lipinski definition) is 1. The van der Waals surface area contributed by atoms with E-state index in [-0.39, 0.29) is 18.5 Å². The van der Waals surface area contributed by atoms with Gasteiger partial charge in [-0.1, -0.05) is 0 Å². The van der Waals surface area contributed by atoms with Crippen LogP contribution in [0.3, 0.4) is 0 Å². The zero-order valence-electron chi connectivity index (χ0n) is 7.61. The Bertz CT molecular complexity index is 372. The molecular weight excluding hydrogens is 202 g/mol. The second-order valence-corrected chi connectivity index (χ2v) is 3.94. The molecule has 0 spiro atoms. The molecule has 0 unspecified atom stereocenters. The summed E-state index contributed by atoms with van der Waals surface area (Å²) in [7, 11) is 0. The van der Waals surface area contributed by atoms with Gasteiger partial charge >= 0.3 is 6.03 Å². The molecule has 1 saturated heterocycles. The quantitative estimate of drug-likeness (QED) is 0.725. The molecule has 0 bridgehead atoms. The van der Waals surface area contributed by atoms with Crippen LogP contribution in [0, 0.1) is 6.92 Å². The van der Waals surface area contributed by atoms with E-state index in [9.17, 15) is 9.59 Å². The van der Waals surface area contributed by atoms with E-state index in [4.69, 9.17) is 0 Å². The summed E-state index contributed by atoms with van der Waals surface area (Å²) >= 11 is 1.46. The number of nitrogens with zero attached hydrogens (tertiary/aromatic N) is 2. The molecule has 1 aliphatic rings. The average molecular weight is 211 g/mol. The van der Waals surface area contributed by atoms with Crippen LogP contribution >= 0.6 is 11.3 Å². The average Bonchev–Trinajstić information content (AvgIpc) is 2.67. The third-order valence-corrected chi connectivity index (χ3v) is 3.00. The van der Waals surface area contributed by atoms with Crippen LogP contribution in [-0.4, -0.2) is 28.4 Å². The van der Waals surface area contributed by atoms with E-state index in [0.29, 0.717) is 6.54 Å². The highest BCUT2D eigenvalue weighted by molar-refractivity contribution is 7.09. The molecule has 1 aromatic rings. The topological polar surface area (TPSA) is 62.3 Å². The minimum atomic E-state index is -0.317. The molecular formula is C8H9N3O2S. The zero-order valence-corrected chi connectivity index (χ0v) is 8.43. The molecule has 0 aromatic carbocycles. The molecule has 0 atom stereocenters. The van der Waals surface area contributed by atoms with Gasteiger partial charge < -0.3 is 5.32 Å². The third kappa shape index (κ3) is 1.48. The third-order valence-electron chi connectivity index (χ3n) is 2.08. The number of amides is 3. The van der Waals surface area contributed by atoms with E-state index in [2.05, 4.69) is 10.3 Å². The summed E-state index contributed by atoms with van der Waals surface area (Å²) < 4.78 is 0. The summed E-state index contributed by atoms with van der Waals surface area (Å²) in [5.41, 5.74) is 2.59. The van der Waals surface area contributed by atoms with Crippen molar-refractivity contribution in [1.29, 1.82) is 0 Å². The van der Waals surface area contributed by atoms with Gasteiger partial charge in [0.2, 0.25) is 5.91 Å². The van der Waals surface area contributed by atoms with Gasteiger partial charge in [0.15, 0.2) is 0 Å². The first kappa shape index (κ1) is 9.14. The molecule has 2 rings (SSSR count). The van der Waals surface area contributed by atoms with Crippen LogP contribution in [-0.2, 0) is 11.3 Å². The van der Waals surface area contributed by atoms with Crippen molar-refractivity contribution in [2.75, 3.05) is 6.54 Å². The predicted molar refractivity (Wildman–Crippen MR) is 50.8 cm³/mol. The van der Waals surface area contributed by atoms with Crippen LogP contribution in [0.4, 0.5) is 4.79 Å². The first-order chi connectivity index (χ1) is 6.68. The molecule has 1 fully saturated rings. The van der Waals surface area contributed by atoms with E-state index in [1.54, 1.807) is 5.51 Å². The van der Waals surface area contributed by atoms with Crippen molar-refractivity contribution >= 4 is 23.3 Å². The van der Waals surface area contributed by atoms with Crippen LogP contribution in [0.2, 0.25) is 0 Å². The smallest absolute Gasteiger partial charge is 0.324 e. The lowest BCUT2D eigenvalue weighted by atomic mass is 10.3. The molecule has 1 N–H and O–H groups in total. The summed E-state index contributed by atoms with van der Waals surface area (Å²) in [6, 6.07) is -0.317. The Labute approximate surface area is 84.7 Å². The maximum absolute atomic E-state index is 11.2. The van der Waals surface area contributed by atoms with Crippen LogP contribution < -0.4 is 5.32 Å². The molecule has 0 saturated carbocycles. The van der Waals surface area contributed by atoms with E-state index in [1.165, 1.54) is 16.2 Å². The number of thiazole rings is 1. The minimum Gasteiger partial charge on any atom is -0.329 e. The fraction of sp³-hybridized carbons (Fsp3) is 0.375. The lowest BCUT2D eigenvalue weighted by Crippen LogP contribution is -2.30. The summed E-state index contributed by atoms with van der Waals surface area (Å²) in [4.78, 5) is 28.7. The van der Waals surface area contributed by atoms with E-state index < -0.39 is 0 Å². The van der Waals surface area contributed by atoms with Gasteiger partial charge in [-0.25, -0.2) is 9.78 Å². The standard InChI is InChI=1S/C8H9N3O2S/c1-5-6(14-4-10-5)3-11-7(12)2-9-8(11)13/h4H,2-3H2,1H3,(H,9,13). The maximum Gasteiger partial charge on any atom is 0.324 e. The number of hydrogen-bond acceptors (Lipinski definition) is 4. The lowest BCUT2D eigenvalue weighted by Gasteiger charge is -2.10. The number of carbonyl (C=O) groups is 2. The van der Waals surface area contributed by atoms with Crippen LogP contribution in [0.1, 0.15) is 10.6 Å². The molecule has 74 valence electrons. The monoisotopic (exact) mass is 211 g/mol. The van der Waals surface area contributed by atoms with Gasteiger partial charge in [-0.3, -0.25) is 9.69 Å². The van der Waals surface area contributed by atoms with Gasteiger partial charge in [0, 0.05) is 4.88 Å². The van der Waals surface area contributed by atoms with Crippen LogP contribution in [0.5, 0.6) is 0 Å². The van der Waals surface area contributed by atoms with Crippen molar-refractivity contribution < 1.29 is 9.59 Å². The number of aryl methyl sites for hydroxylation is 1. The lowest BCUT2D eigenvalue weighted by molar-refractivity contribution is -0.125. The molecule has 6 heteroatoms. The fourth-order valence-corrected chi connectivity index (χ4v) is 2.00. The normalized spacial score (nSPS) is 16.2. The Morgan fingerprint density at radius 3 is 2.93 bits per heavy atom. The SMILES string of the molecule is Cc1ncsc1CN1C(=O)CNC1=O. The van der Waals surface area contributed by atoms with Gasteiger partial charge in [-0.2, -0.15) is 0 Å². The molecule has 1 aliphatic heterocycles. The summed E-state index contributed by atoms with van der Waals surface area (Å²) in [6.07, 6.45) is 0. The maximum atomic E-state index is 11.2. The highest BCUT2D eigenvalue weighted by Gasteiger charge is 2.28. The van der Waals surface area contributed by atoms with Gasteiger partial charge in [0.05, 0.1) is 24.3 Å². The number of aromatic nitrogens is 1. The molecule has 3 amide bonds. The second kappa shape index (κ2) is 3.38. The predicted octanol–water partition coefficient (Wildman–Crippen LogP) is 0.503. The van der Waals surface area contributed by atoms with E-state index in [1.807, 2.05) is 6.92 Å². The summed E-state index contributed by atoms with van der Waals surface area (Å²) in [5, 5.41) is 2.47. The van der Waals surface area contributed by atoms with Gasteiger partial charge in [0.25, 0.3) is 0 Å². The molecule has 1 aromatic heterocycles. The zero-order chi connectivity index (χ0) is 10.1. The Kier molecular flexibility index (Phi) is 2.20. The molecule has 0 aliphatic carbocycles. The molecule has 14 heavy (non-hydrogen) atoms. The fourth-order valence-electron chi connectivity index (χ4n) is 1.24. The highest BCUT2D eigenvalue weighted by atomic mass is 32.1. The number of urea groups is 1. The van der Waals surface area contributed by atoms with Gasteiger partial charge in [0.1, 0.15) is 0 Å². The second-order valence-electron chi connectivity index (χ2n) is 3.00. The Morgan fingerprint density at radius 1 is 1.64 bits per heavy atom. The summed E-state index contributed by atoms with van der Waals surface area (Å²) in [5.74, 6) is -0.178. The van der Waals surface area contributed by atoms with Crippen molar-refractivity contribution in [2.24, 2.45) is 0 Å². The van der Waals surface area contributed by atoms with Gasteiger partial charge in [-0.15, -0.1) is 11.3 Å². The molecule has 5 nitrogen and oxygen atoms in total. The van der Waals surface area contributed by atoms with Crippen LogP contribution in [0.15, 0.2) is 5.51 Å². The largest absolute Gasteiger partial charge is 0.329 e. The first-order valence-corrected chi connectivity index (χ1v) is 5.03. The van der Waals surface area contributed by atoms with Crippen molar-refractivity contribution in [3.63, 3.8) is 0 Å². The van der Waals surface area contributed by atoms with Crippen molar-refractivity contribution in [1.82, 2.24) is 15.2 Å². The highest BCUT2D eigenvalue weighted by Crippen LogP contribution is 2.16. The first-order valence-electron chi connectivity index (χ1n) is 4.15. The number of nitrogens with one attached hydrogen (secondary N) is 1. The van der Waals surface area contributed by atoms with E-state index in [0.717, 1.165) is 10.6 Å². The van der Waals surface area contributed by atoms with Crippen molar-refractivity contribution in [3.05, 3.63) is 16.1 Å². The summed E-state index contributed by atoms with van der Waals surface area (Å²) in [6.45, 7) is 2.31. The number of carbonyl (C=O) groups excluding carboxylic acids is 2. The Hall–Kier alpha value is -1.43. The minimum absolute atomic E-state index is 0.108. The molecule has 2 heterocycles. The van der Waals surface area contributed by atoms with E-state index >= 15 is 0 Å². The number of imide groups is 1.